The summed E-state index contributed by atoms with van der Waals surface area (Å²) in [6.07, 6.45) is 1.70. The van der Waals surface area contributed by atoms with Crippen molar-refractivity contribution in [2.24, 2.45) is 5.73 Å². The second-order valence-corrected chi connectivity index (χ2v) is 6.68. The zero-order chi connectivity index (χ0) is 19.0. The largest absolute Gasteiger partial charge is 0.496 e. The molecule has 0 saturated heterocycles. The molecule has 0 aliphatic carbocycles. The van der Waals surface area contributed by atoms with Gasteiger partial charge < -0.3 is 15.2 Å². The van der Waals surface area contributed by atoms with Crippen LogP contribution in [0.15, 0.2) is 58.6 Å². The number of hydrogen-bond acceptors (Lipinski definition) is 5. The molecule has 0 fully saturated rings. The number of nitrogens with two attached hydrogens (primary N) is 1. The van der Waals surface area contributed by atoms with Crippen molar-refractivity contribution < 1.29 is 9.47 Å². The quantitative estimate of drug-likeness (QED) is 0.624. The van der Waals surface area contributed by atoms with Crippen LogP contribution in [-0.4, -0.2) is 22.3 Å². The average Bonchev–Trinajstić information content (AvgIpc) is 3.10. The van der Waals surface area contributed by atoms with Gasteiger partial charge in [0.25, 0.3) is 0 Å². The Labute approximate surface area is 163 Å². The third-order valence-corrected chi connectivity index (χ3v) is 4.96. The highest BCUT2D eigenvalue weighted by atomic mass is 79.9. The standard InChI is InChI=1S/C19H14BrN5O2/c1-22-17-14(10-6-7-13(26-2)11(20)9-10)15-16(12-5-3-4-8-23-12)24-25-19(15)27-18(17)21/h3-9,14H,21H2,2H3,(H,24,25). The summed E-state index contributed by atoms with van der Waals surface area (Å²) in [6.45, 7) is 7.63. The molecular formula is C19H14BrN5O2. The van der Waals surface area contributed by atoms with Gasteiger partial charge in [-0.05, 0) is 45.8 Å². The van der Waals surface area contributed by atoms with Crippen LogP contribution in [0.25, 0.3) is 16.2 Å². The SMILES string of the molecule is [C-]#[N+]C1=C(N)Oc2n[nH]c(-c3ccccn3)c2C1c1ccc(OC)c(Br)c1. The molecule has 1 aromatic carbocycles. The van der Waals surface area contributed by atoms with Crippen LogP contribution in [0, 0.1) is 6.57 Å². The van der Waals surface area contributed by atoms with Gasteiger partial charge in [0.15, 0.2) is 5.88 Å². The van der Waals surface area contributed by atoms with Crippen LogP contribution in [0.2, 0.25) is 0 Å². The number of ether oxygens (including phenoxy) is 2. The number of H-pyrrole nitrogens is 1. The summed E-state index contributed by atoms with van der Waals surface area (Å²) in [5, 5.41) is 7.22. The molecule has 3 aromatic rings. The van der Waals surface area contributed by atoms with Gasteiger partial charge in [-0.1, -0.05) is 12.1 Å². The summed E-state index contributed by atoms with van der Waals surface area (Å²) < 4.78 is 11.7. The predicted octanol–water partition coefficient (Wildman–Crippen LogP) is 3.81. The lowest BCUT2D eigenvalue weighted by Gasteiger charge is -2.24. The van der Waals surface area contributed by atoms with E-state index in [4.69, 9.17) is 21.8 Å². The van der Waals surface area contributed by atoms with Crippen LogP contribution in [-0.2, 0) is 0 Å². The molecule has 27 heavy (non-hydrogen) atoms. The number of benzene rings is 1. The molecule has 3 heterocycles. The number of fused-ring (bicyclic) bond motifs is 1. The van der Waals surface area contributed by atoms with Gasteiger partial charge in [0.05, 0.1) is 35.5 Å². The van der Waals surface area contributed by atoms with E-state index in [1.54, 1.807) is 13.3 Å². The van der Waals surface area contributed by atoms with Gasteiger partial charge in [-0.15, -0.1) is 5.10 Å². The number of rotatable bonds is 3. The normalized spacial score (nSPS) is 15.7. The molecule has 8 heteroatoms. The van der Waals surface area contributed by atoms with Crippen LogP contribution in [0.3, 0.4) is 0 Å². The molecule has 7 nitrogen and oxygen atoms in total. The van der Waals surface area contributed by atoms with Gasteiger partial charge in [-0.2, -0.15) is 0 Å². The van der Waals surface area contributed by atoms with E-state index < -0.39 is 5.92 Å². The van der Waals surface area contributed by atoms with Crippen molar-refractivity contribution in [2.75, 3.05) is 7.11 Å². The van der Waals surface area contributed by atoms with E-state index in [1.807, 2.05) is 36.4 Å². The predicted molar refractivity (Wildman–Crippen MR) is 103 cm³/mol. The lowest BCUT2D eigenvalue weighted by atomic mass is 9.86. The van der Waals surface area contributed by atoms with E-state index in [-0.39, 0.29) is 5.88 Å². The Balaban J connectivity index is 1.94. The summed E-state index contributed by atoms with van der Waals surface area (Å²) in [6, 6.07) is 11.2. The molecule has 134 valence electrons. The fourth-order valence-corrected chi connectivity index (χ4v) is 3.69. The summed E-state index contributed by atoms with van der Waals surface area (Å²) in [5.41, 5.74) is 9.30. The number of hydrogen-bond donors (Lipinski definition) is 2. The van der Waals surface area contributed by atoms with Crippen LogP contribution >= 0.6 is 15.9 Å². The number of aromatic amines is 1. The highest BCUT2D eigenvalue weighted by molar-refractivity contribution is 9.10. The summed E-state index contributed by atoms with van der Waals surface area (Å²) in [5.74, 6) is 0.653. The Morgan fingerprint density at radius 3 is 2.85 bits per heavy atom. The van der Waals surface area contributed by atoms with Crippen molar-refractivity contribution in [3.05, 3.63) is 81.2 Å². The fourth-order valence-electron chi connectivity index (χ4n) is 3.13. The Morgan fingerprint density at radius 2 is 2.19 bits per heavy atom. The third-order valence-electron chi connectivity index (χ3n) is 4.34. The average molecular weight is 424 g/mol. The molecule has 1 unspecified atom stereocenters. The molecule has 3 N–H and O–H groups in total. The first-order valence-electron chi connectivity index (χ1n) is 8.02. The minimum atomic E-state index is -0.441. The Morgan fingerprint density at radius 1 is 1.33 bits per heavy atom. The second kappa shape index (κ2) is 6.78. The van der Waals surface area contributed by atoms with E-state index in [2.05, 4.69) is 36.0 Å². The highest BCUT2D eigenvalue weighted by Gasteiger charge is 2.36. The fraction of sp³-hybridized carbons (Fsp3) is 0.105. The van der Waals surface area contributed by atoms with Gasteiger partial charge in [0.1, 0.15) is 5.75 Å². The van der Waals surface area contributed by atoms with Crippen LogP contribution < -0.4 is 15.2 Å². The topological polar surface area (TPSA) is 90.4 Å². The van der Waals surface area contributed by atoms with E-state index in [9.17, 15) is 0 Å². The first-order valence-corrected chi connectivity index (χ1v) is 8.81. The number of nitrogens with one attached hydrogen (secondary N) is 1. The van der Waals surface area contributed by atoms with Crippen LogP contribution in [0.5, 0.6) is 11.6 Å². The van der Waals surface area contributed by atoms with Gasteiger partial charge >= 0.3 is 0 Å². The summed E-state index contributed by atoms with van der Waals surface area (Å²) in [7, 11) is 1.60. The first kappa shape index (κ1) is 17.1. The Bertz CT molecular complexity index is 1090. The maximum absolute atomic E-state index is 7.63. The van der Waals surface area contributed by atoms with Crippen molar-refractivity contribution in [3.63, 3.8) is 0 Å². The van der Waals surface area contributed by atoms with Crippen molar-refractivity contribution in [1.82, 2.24) is 15.2 Å². The van der Waals surface area contributed by atoms with Crippen LogP contribution in [0.1, 0.15) is 17.0 Å². The monoisotopic (exact) mass is 423 g/mol. The van der Waals surface area contributed by atoms with Gasteiger partial charge in [0.2, 0.25) is 11.6 Å². The van der Waals surface area contributed by atoms with Crippen LogP contribution in [0.4, 0.5) is 0 Å². The highest BCUT2D eigenvalue weighted by Crippen LogP contribution is 2.46. The molecule has 4 rings (SSSR count). The maximum Gasteiger partial charge on any atom is 0.241 e. The smallest absolute Gasteiger partial charge is 0.241 e. The molecule has 1 aliphatic rings. The molecule has 0 bridgehead atoms. The molecule has 0 spiro atoms. The molecule has 0 saturated carbocycles. The number of halogens is 1. The van der Waals surface area contributed by atoms with Gasteiger partial charge in [-0.25, -0.2) is 4.85 Å². The van der Waals surface area contributed by atoms with E-state index in [0.717, 1.165) is 15.6 Å². The number of methoxy groups -OCH3 is 1. The maximum atomic E-state index is 7.63. The van der Waals surface area contributed by atoms with E-state index >= 15 is 0 Å². The molecule has 1 atom stereocenters. The van der Waals surface area contributed by atoms with Gasteiger partial charge in [-0.3, -0.25) is 10.1 Å². The lowest BCUT2D eigenvalue weighted by molar-refractivity contribution is 0.378. The molecule has 2 aromatic heterocycles. The number of aromatic nitrogens is 3. The number of pyridine rings is 1. The van der Waals surface area contributed by atoms with Crippen molar-refractivity contribution in [2.45, 2.75) is 5.92 Å². The minimum absolute atomic E-state index is 0.0495. The second-order valence-electron chi connectivity index (χ2n) is 5.82. The zero-order valence-electron chi connectivity index (χ0n) is 14.2. The van der Waals surface area contributed by atoms with Crippen molar-refractivity contribution in [3.8, 4) is 23.0 Å². The Kier molecular flexibility index (Phi) is 4.30. The van der Waals surface area contributed by atoms with E-state index in [0.29, 0.717) is 28.7 Å². The van der Waals surface area contributed by atoms with E-state index in [1.165, 1.54) is 0 Å². The van der Waals surface area contributed by atoms with Gasteiger partial charge in [0, 0.05) is 11.8 Å². The third kappa shape index (κ3) is 2.82. The molecule has 0 radical (unpaired) electrons. The summed E-state index contributed by atoms with van der Waals surface area (Å²) in [4.78, 5) is 8.03. The Hall–Kier alpha value is -3.31. The number of allylic oxidation sites excluding steroid dienone is 1. The lowest BCUT2D eigenvalue weighted by Crippen LogP contribution is -2.20. The molecule has 0 amide bonds. The first-order chi connectivity index (χ1) is 13.1. The van der Waals surface area contributed by atoms with Crippen molar-refractivity contribution >= 4 is 15.9 Å². The summed E-state index contributed by atoms with van der Waals surface area (Å²) >= 11 is 3.51. The molecular weight excluding hydrogens is 410 g/mol. The molecule has 1 aliphatic heterocycles. The zero-order valence-corrected chi connectivity index (χ0v) is 15.8. The van der Waals surface area contributed by atoms with Crippen molar-refractivity contribution in [1.29, 1.82) is 0 Å². The minimum Gasteiger partial charge on any atom is -0.496 e. The number of nitrogens with zero attached hydrogens (tertiary/aromatic N) is 3.